The Hall–Kier alpha value is -1.15. The van der Waals surface area contributed by atoms with E-state index in [0.29, 0.717) is 13.1 Å². The van der Waals surface area contributed by atoms with E-state index in [1.807, 2.05) is 6.07 Å². The topological polar surface area (TPSA) is 78.5 Å². The van der Waals surface area contributed by atoms with Gasteiger partial charge in [0.15, 0.2) is 9.84 Å². The maximum absolute atomic E-state index is 12.6. The van der Waals surface area contributed by atoms with Gasteiger partial charge in [0.05, 0.1) is 5.75 Å². The number of nitrogens with zero attached hydrogens (tertiary/aromatic N) is 1. The van der Waals surface area contributed by atoms with E-state index in [4.69, 9.17) is 11.6 Å². The first-order valence-corrected chi connectivity index (χ1v) is 8.86. The van der Waals surface area contributed by atoms with Crippen LogP contribution in [0.3, 0.4) is 0 Å². The zero-order valence-electron chi connectivity index (χ0n) is 11.5. The van der Waals surface area contributed by atoms with Crippen molar-refractivity contribution in [2.75, 3.05) is 25.5 Å². The summed E-state index contributed by atoms with van der Waals surface area (Å²) < 4.78 is 25.1. The highest BCUT2D eigenvalue weighted by Gasteiger charge is 2.34. The van der Waals surface area contributed by atoms with Crippen LogP contribution < -0.4 is 10.7 Å². The summed E-state index contributed by atoms with van der Waals surface area (Å²) in [7, 11) is -3.43. The van der Waals surface area contributed by atoms with Gasteiger partial charge in [0.25, 0.3) is 0 Å². The molecule has 1 saturated heterocycles. The number of halogens is 1. The summed E-state index contributed by atoms with van der Waals surface area (Å²) in [5.74, 6) is -0.665. The average Bonchev–Trinajstić information content (AvgIpc) is 2.48. The van der Waals surface area contributed by atoms with Gasteiger partial charge in [-0.05, 0) is 5.56 Å². The zero-order chi connectivity index (χ0) is 15.3. The van der Waals surface area contributed by atoms with Crippen molar-refractivity contribution in [3.63, 3.8) is 0 Å². The number of nitrogens with one attached hydrogen (secondary N) is 2. The third-order valence-corrected chi connectivity index (χ3v) is 5.44. The van der Waals surface area contributed by atoms with E-state index in [9.17, 15) is 13.2 Å². The normalized spacial score (nSPS) is 20.1. The van der Waals surface area contributed by atoms with Crippen molar-refractivity contribution in [1.29, 1.82) is 0 Å². The molecular formula is C13H18ClN3O3S. The maximum Gasteiger partial charge on any atom is 0.249 e. The number of hydrogen-bond donors (Lipinski definition) is 2. The highest BCUT2D eigenvalue weighted by molar-refractivity contribution is 7.91. The standard InChI is InChI=1S/C13H18ClN3O3S/c14-8-12(18)16-17-7-6-15-9-13(17)21(19,20)10-11-4-2-1-3-5-11/h1-5,13,15H,6-10H2,(H,16,18). The van der Waals surface area contributed by atoms with Crippen LogP contribution in [-0.2, 0) is 20.4 Å². The molecule has 1 aromatic carbocycles. The first kappa shape index (κ1) is 16.2. The van der Waals surface area contributed by atoms with Crippen molar-refractivity contribution in [3.05, 3.63) is 35.9 Å². The molecule has 0 bridgehead atoms. The van der Waals surface area contributed by atoms with Crippen molar-refractivity contribution in [3.8, 4) is 0 Å². The van der Waals surface area contributed by atoms with E-state index < -0.39 is 21.1 Å². The molecule has 1 aliphatic rings. The Morgan fingerprint density at radius 3 is 2.76 bits per heavy atom. The number of hydrogen-bond acceptors (Lipinski definition) is 5. The van der Waals surface area contributed by atoms with Gasteiger partial charge in [0.2, 0.25) is 5.91 Å². The van der Waals surface area contributed by atoms with E-state index in [0.717, 1.165) is 5.56 Å². The molecular weight excluding hydrogens is 314 g/mol. The molecule has 1 aliphatic heterocycles. The Labute approximate surface area is 129 Å². The summed E-state index contributed by atoms with van der Waals surface area (Å²) in [5.41, 5.74) is 3.28. The molecule has 1 unspecified atom stereocenters. The lowest BCUT2D eigenvalue weighted by Crippen LogP contribution is -2.61. The fourth-order valence-electron chi connectivity index (χ4n) is 2.22. The number of hydrazine groups is 1. The van der Waals surface area contributed by atoms with Gasteiger partial charge < -0.3 is 5.32 Å². The Bertz CT molecular complexity index is 580. The van der Waals surface area contributed by atoms with Crippen molar-refractivity contribution < 1.29 is 13.2 Å². The smallest absolute Gasteiger partial charge is 0.249 e. The summed E-state index contributed by atoms with van der Waals surface area (Å²) in [6.07, 6.45) is 0. The van der Waals surface area contributed by atoms with Crippen LogP contribution in [0.2, 0.25) is 0 Å². The van der Waals surface area contributed by atoms with Gasteiger partial charge in [-0.15, -0.1) is 11.6 Å². The molecule has 1 atom stereocenters. The number of rotatable bonds is 5. The minimum Gasteiger partial charge on any atom is -0.313 e. The van der Waals surface area contributed by atoms with Crippen molar-refractivity contribution in [2.45, 2.75) is 11.1 Å². The first-order valence-electron chi connectivity index (χ1n) is 6.61. The molecule has 0 saturated carbocycles. The lowest BCUT2D eigenvalue weighted by Gasteiger charge is -2.35. The molecule has 6 nitrogen and oxygen atoms in total. The SMILES string of the molecule is O=C(CCl)NN1CCNCC1S(=O)(=O)Cc1ccccc1. The first-order chi connectivity index (χ1) is 10.0. The molecule has 0 aliphatic carbocycles. The number of sulfone groups is 1. The average molecular weight is 332 g/mol. The Kier molecular flexibility index (Phi) is 5.58. The van der Waals surface area contributed by atoms with Gasteiger partial charge in [-0.1, -0.05) is 30.3 Å². The molecule has 21 heavy (non-hydrogen) atoms. The Morgan fingerprint density at radius 1 is 1.38 bits per heavy atom. The van der Waals surface area contributed by atoms with E-state index >= 15 is 0 Å². The van der Waals surface area contributed by atoms with E-state index in [1.165, 1.54) is 5.01 Å². The third-order valence-electron chi connectivity index (χ3n) is 3.21. The fraction of sp³-hybridized carbons (Fsp3) is 0.462. The molecule has 116 valence electrons. The predicted octanol–water partition coefficient (Wildman–Crippen LogP) is 0.103. The number of benzene rings is 1. The summed E-state index contributed by atoms with van der Waals surface area (Å²) in [6.45, 7) is 1.30. The van der Waals surface area contributed by atoms with Gasteiger partial charge in [0.1, 0.15) is 11.3 Å². The number of carbonyl (C=O) groups excluding carboxylic acids is 1. The van der Waals surface area contributed by atoms with Crippen LogP contribution in [0.1, 0.15) is 5.56 Å². The molecule has 0 aromatic heterocycles. The summed E-state index contributed by atoms with van der Waals surface area (Å²) >= 11 is 5.46. The summed E-state index contributed by atoms with van der Waals surface area (Å²) in [4.78, 5) is 11.4. The van der Waals surface area contributed by atoms with Crippen LogP contribution in [0.25, 0.3) is 0 Å². The molecule has 2 N–H and O–H groups in total. The number of alkyl halides is 1. The van der Waals surface area contributed by atoms with Crippen LogP contribution in [0, 0.1) is 0 Å². The fourth-order valence-corrected chi connectivity index (χ4v) is 4.05. The third kappa shape index (κ3) is 4.41. The molecule has 1 heterocycles. The lowest BCUT2D eigenvalue weighted by atomic mass is 10.2. The van der Waals surface area contributed by atoms with Crippen LogP contribution in [0.15, 0.2) is 30.3 Å². The minimum atomic E-state index is -3.43. The molecule has 1 amide bonds. The largest absolute Gasteiger partial charge is 0.313 e. The van der Waals surface area contributed by atoms with Crippen LogP contribution in [0.5, 0.6) is 0 Å². The Morgan fingerprint density at radius 2 is 2.10 bits per heavy atom. The van der Waals surface area contributed by atoms with Crippen molar-refractivity contribution >= 4 is 27.3 Å². The van der Waals surface area contributed by atoms with Crippen LogP contribution in [0.4, 0.5) is 0 Å². The van der Waals surface area contributed by atoms with Gasteiger partial charge in [-0.2, -0.15) is 0 Å². The molecule has 8 heteroatoms. The van der Waals surface area contributed by atoms with Gasteiger partial charge in [0, 0.05) is 19.6 Å². The maximum atomic E-state index is 12.6. The quantitative estimate of drug-likeness (QED) is 0.748. The minimum absolute atomic E-state index is 0.0621. The summed E-state index contributed by atoms with van der Waals surface area (Å²) in [6, 6.07) is 8.99. The zero-order valence-corrected chi connectivity index (χ0v) is 13.0. The number of piperazine rings is 1. The molecule has 0 radical (unpaired) electrons. The molecule has 1 fully saturated rings. The molecule has 2 rings (SSSR count). The van der Waals surface area contributed by atoms with Crippen molar-refractivity contribution in [2.24, 2.45) is 0 Å². The predicted molar refractivity (Wildman–Crippen MR) is 81.3 cm³/mol. The second-order valence-electron chi connectivity index (χ2n) is 4.81. The summed E-state index contributed by atoms with van der Waals surface area (Å²) in [5, 5.41) is 3.71. The highest BCUT2D eigenvalue weighted by Crippen LogP contribution is 2.15. The van der Waals surface area contributed by atoms with Gasteiger partial charge in [-0.25, -0.2) is 13.4 Å². The second-order valence-corrected chi connectivity index (χ2v) is 7.24. The van der Waals surface area contributed by atoms with Crippen molar-refractivity contribution in [1.82, 2.24) is 15.8 Å². The van der Waals surface area contributed by atoms with Gasteiger partial charge in [-0.3, -0.25) is 10.2 Å². The van der Waals surface area contributed by atoms with Gasteiger partial charge >= 0.3 is 0 Å². The van der Waals surface area contributed by atoms with Crippen LogP contribution >= 0.6 is 11.6 Å². The van der Waals surface area contributed by atoms with E-state index in [2.05, 4.69) is 10.7 Å². The molecule has 0 spiro atoms. The number of amides is 1. The monoisotopic (exact) mass is 331 g/mol. The van der Waals surface area contributed by atoms with E-state index in [1.54, 1.807) is 24.3 Å². The lowest BCUT2D eigenvalue weighted by molar-refractivity contribution is -0.124. The van der Waals surface area contributed by atoms with E-state index in [-0.39, 0.29) is 18.2 Å². The molecule has 1 aromatic rings. The van der Waals surface area contributed by atoms with Crippen LogP contribution in [-0.4, -0.2) is 50.2 Å². The number of carbonyl (C=O) groups is 1. The highest BCUT2D eigenvalue weighted by atomic mass is 35.5. The Balaban J connectivity index is 2.13. The second kappa shape index (κ2) is 7.22.